The van der Waals surface area contributed by atoms with Crippen molar-refractivity contribution in [1.29, 1.82) is 0 Å². The molecule has 0 aliphatic carbocycles. The molecule has 4 nitrogen and oxygen atoms in total. The molecule has 0 bridgehead atoms. The fraction of sp³-hybridized carbons (Fsp3) is 0.130. The molecule has 0 amide bonds. The molecule has 3 heterocycles. The molecule has 0 saturated heterocycles. The molecule has 0 fully saturated rings. The zero-order chi connectivity index (χ0) is 40.1. The Morgan fingerprint density at radius 2 is 1.37 bits per heavy atom. The summed E-state index contributed by atoms with van der Waals surface area (Å²) in [6.07, 6.45) is 12.1. The summed E-state index contributed by atoms with van der Waals surface area (Å²) >= 11 is 1.81. The standard InChI is InChI=1S/C54H45N3OS/c1-4-38(43-24-16-25-48-51(43)45(47(5-2)58-48)33-29-37-17-8-6-9-18-39-19-12-13-20-40(39)31-28-37)30-27-36(3)52-55-53(41-21-10-7-11-22-41)57-54(56-52)42-32-34-50-46(35-42)44-23-14-15-26-49(44)59-50/h4,6-36,45,47H,5H2,1-3H3/b8-6?,9-6?,17-8?,18-9?,30-27-,31-28?,33-29+,37-17?,37-28?,38-4+,39-18?,40-31?. The number of allylic oxidation sites excluding steroid dienone is 4. The molecule has 0 saturated carbocycles. The van der Waals surface area contributed by atoms with Gasteiger partial charge in [0.25, 0.3) is 0 Å². The molecule has 2 aromatic heterocycles. The van der Waals surface area contributed by atoms with Crippen LogP contribution >= 0.6 is 11.3 Å². The maximum atomic E-state index is 6.63. The van der Waals surface area contributed by atoms with Crippen LogP contribution in [0.3, 0.4) is 0 Å². The van der Waals surface area contributed by atoms with E-state index in [0.717, 1.165) is 40.3 Å². The first-order chi connectivity index (χ1) is 29.1. The number of ether oxygens (including phenoxy) is 1. The third-order valence-corrected chi connectivity index (χ3v) is 12.3. The normalized spacial score (nSPS) is 15.8. The summed E-state index contributed by atoms with van der Waals surface area (Å²) in [5, 5.41) is 4.87. The highest BCUT2D eigenvalue weighted by molar-refractivity contribution is 7.25. The predicted molar refractivity (Wildman–Crippen MR) is 249 cm³/mol. The molecule has 0 radical (unpaired) electrons. The van der Waals surface area contributed by atoms with Gasteiger partial charge in [-0.3, -0.25) is 0 Å². The van der Waals surface area contributed by atoms with E-state index >= 15 is 0 Å². The molecule has 1 aliphatic heterocycles. The molecular weight excluding hydrogens is 739 g/mol. The predicted octanol–water partition coefficient (Wildman–Crippen LogP) is 14.6. The highest BCUT2D eigenvalue weighted by atomic mass is 32.1. The van der Waals surface area contributed by atoms with Gasteiger partial charge in [0, 0.05) is 48.7 Å². The third-order valence-electron chi connectivity index (χ3n) is 11.1. The number of hydrogen-bond acceptors (Lipinski definition) is 5. The van der Waals surface area contributed by atoms with Crippen LogP contribution in [-0.4, -0.2) is 21.1 Å². The highest BCUT2D eigenvalue weighted by Gasteiger charge is 2.33. The van der Waals surface area contributed by atoms with Crippen molar-refractivity contribution >= 4 is 53.9 Å². The van der Waals surface area contributed by atoms with Crippen LogP contribution < -0.4 is 4.74 Å². The summed E-state index contributed by atoms with van der Waals surface area (Å²) in [5.41, 5.74) is 6.59. The van der Waals surface area contributed by atoms with Gasteiger partial charge in [-0.2, -0.15) is 0 Å². The Morgan fingerprint density at radius 3 is 2.17 bits per heavy atom. The number of rotatable bonds is 9. The lowest BCUT2D eigenvalue weighted by molar-refractivity contribution is 0.215. The summed E-state index contributed by atoms with van der Waals surface area (Å²) in [6.45, 7) is 6.47. The summed E-state index contributed by atoms with van der Waals surface area (Å²) in [5.74, 6) is 3.01. The fourth-order valence-corrected chi connectivity index (χ4v) is 9.06. The van der Waals surface area contributed by atoms with E-state index in [4.69, 9.17) is 19.7 Å². The van der Waals surface area contributed by atoms with Gasteiger partial charge in [0.2, 0.25) is 0 Å². The zero-order valence-electron chi connectivity index (χ0n) is 33.5. The van der Waals surface area contributed by atoms with Crippen molar-refractivity contribution in [3.63, 3.8) is 0 Å². The van der Waals surface area contributed by atoms with Crippen LogP contribution in [-0.2, 0) is 0 Å². The van der Waals surface area contributed by atoms with E-state index in [1.165, 1.54) is 42.1 Å². The number of aromatic nitrogens is 3. The van der Waals surface area contributed by atoms with Gasteiger partial charge in [-0.1, -0.05) is 172 Å². The second-order valence-corrected chi connectivity index (χ2v) is 16.0. The Balaban J connectivity index is 1.05. The Bertz CT molecular complexity index is 2960. The topological polar surface area (TPSA) is 47.9 Å². The molecule has 6 aromatic carbocycles. The molecule has 3 atom stereocenters. The monoisotopic (exact) mass is 783 g/mol. The Hall–Kier alpha value is -6.69. The van der Waals surface area contributed by atoms with Gasteiger partial charge in [0.1, 0.15) is 17.7 Å². The van der Waals surface area contributed by atoms with Gasteiger partial charge < -0.3 is 4.74 Å². The van der Waals surface area contributed by atoms with Gasteiger partial charge in [-0.25, -0.2) is 15.0 Å². The van der Waals surface area contributed by atoms with Crippen LogP contribution in [0.2, 0.25) is 0 Å². The van der Waals surface area contributed by atoms with Gasteiger partial charge in [0.05, 0.1) is 0 Å². The molecule has 9 rings (SSSR count). The number of thiophene rings is 1. The lowest BCUT2D eigenvalue weighted by Crippen LogP contribution is -2.16. The molecule has 8 aromatic rings. The van der Waals surface area contributed by atoms with Crippen LogP contribution in [0.1, 0.15) is 61.5 Å². The number of benzene rings is 5. The number of nitrogens with zero attached hydrogens (tertiary/aromatic N) is 3. The van der Waals surface area contributed by atoms with Gasteiger partial charge in [-0.05, 0) is 71.1 Å². The van der Waals surface area contributed by atoms with Crippen molar-refractivity contribution in [1.82, 2.24) is 15.0 Å². The lowest BCUT2D eigenvalue weighted by Gasteiger charge is -2.16. The summed E-state index contributed by atoms with van der Waals surface area (Å²) in [4.78, 5) is 15.2. The maximum absolute atomic E-state index is 6.63. The molecule has 0 N–H and O–H groups in total. The Kier molecular flexibility index (Phi) is 10.9. The third kappa shape index (κ3) is 7.95. The van der Waals surface area contributed by atoms with Crippen LogP contribution in [0.4, 0.5) is 0 Å². The zero-order valence-corrected chi connectivity index (χ0v) is 34.3. The van der Waals surface area contributed by atoms with Crippen molar-refractivity contribution in [2.45, 2.75) is 45.1 Å². The van der Waals surface area contributed by atoms with E-state index in [0.29, 0.717) is 11.6 Å². The smallest absolute Gasteiger partial charge is 0.163 e. The minimum atomic E-state index is -0.0914. The van der Waals surface area contributed by atoms with Crippen molar-refractivity contribution in [2.24, 2.45) is 0 Å². The average molecular weight is 784 g/mol. The Morgan fingerprint density at radius 1 is 0.678 bits per heavy atom. The van der Waals surface area contributed by atoms with E-state index in [-0.39, 0.29) is 17.9 Å². The molecule has 1 aliphatic rings. The second-order valence-electron chi connectivity index (χ2n) is 14.9. The fourth-order valence-electron chi connectivity index (χ4n) is 7.98. The second kappa shape index (κ2) is 17.0. The Labute approximate surface area is 350 Å². The van der Waals surface area contributed by atoms with E-state index in [1.54, 1.807) is 0 Å². The molecular formula is C54H45N3OS. The van der Waals surface area contributed by atoms with Crippen molar-refractivity contribution in [2.75, 3.05) is 0 Å². The molecule has 3 unspecified atom stereocenters. The van der Waals surface area contributed by atoms with Gasteiger partial charge in [-0.15, -0.1) is 11.3 Å². The van der Waals surface area contributed by atoms with E-state index in [2.05, 4.69) is 191 Å². The quantitative estimate of drug-likeness (QED) is 0.137. The molecule has 0 spiro atoms. The summed E-state index contributed by atoms with van der Waals surface area (Å²) in [7, 11) is 0. The molecule has 288 valence electrons. The average Bonchev–Trinajstić information content (AvgIpc) is 3.85. The largest absolute Gasteiger partial charge is 0.489 e. The van der Waals surface area contributed by atoms with Crippen molar-refractivity contribution < 1.29 is 4.74 Å². The van der Waals surface area contributed by atoms with Crippen LogP contribution in [0.5, 0.6) is 5.75 Å². The van der Waals surface area contributed by atoms with Crippen molar-refractivity contribution in [3.05, 3.63) is 205 Å². The van der Waals surface area contributed by atoms with Crippen LogP contribution in [0.25, 0.3) is 65.4 Å². The van der Waals surface area contributed by atoms with E-state index in [1.807, 2.05) is 29.5 Å². The lowest BCUT2D eigenvalue weighted by atomic mass is 9.86. The maximum Gasteiger partial charge on any atom is 0.163 e. The highest BCUT2D eigenvalue weighted by Crippen LogP contribution is 2.45. The molecule has 59 heavy (non-hydrogen) atoms. The van der Waals surface area contributed by atoms with E-state index in [9.17, 15) is 0 Å². The summed E-state index contributed by atoms with van der Waals surface area (Å²) in [6, 6.07) is 55.2. The first-order valence-electron chi connectivity index (χ1n) is 20.4. The SMILES string of the molecule is C/C=C(\C=C/C(C)c1nc(-c2ccccc2)nc(-c2ccc3sc4ccccc4c3c2)n1)c1cccc2c1C(/C=C/c1cccccc3ccccc3cc1)C(CC)O2. The number of hydrogen-bond donors (Lipinski definition) is 0. The van der Waals surface area contributed by atoms with Gasteiger partial charge in [0.15, 0.2) is 11.6 Å². The van der Waals surface area contributed by atoms with Crippen LogP contribution in [0.15, 0.2) is 182 Å². The first kappa shape index (κ1) is 37.9. The summed E-state index contributed by atoms with van der Waals surface area (Å²) < 4.78 is 9.16. The van der Waals surface area contributed by atoms with Crippen molar-refractivity contribution in [3.8, 4) is 28.5 Å². The minimum Gasteiger partial charge on any atom is -0.489 e. The van der Waals surface area contributed by atoms with E-state index < -0.39 is 0 Å². The number of fused-ring (bicyclic) bond motifs is 5. The molecule has 5 heteroatoms. The van der Waals surface area contributed by atoms with Crippen LogP contribution in [0, 0.1) is 0 Å². The minimum absolute atomic E-state index is 0.0399. The first-order valence-corrected chi connectivity index (χ1v) is 21.3. The van der Waals surface area contributed by atoms with Gasteiger partial charge >= 0.3 is 0 Å².